The number of carboxylic acids is 1. The quantitative estimate of drug-likeness (QED) is 0.724. The van der Waals surface area contributed by atoms with Gasteiger partial charge in [-0.15, -0.1) is 0 Å². The van der Waals surface area contributed by atoms with Crippen molar-refractivity contribution in [2.45, 2.75) is 71.2 Å². The zero-order chi connectivity index (χ0) is 14.6. The van der Waals surface area contributed by atoms with Gasteiger partial charge >= 0.3 is 5.97 Å². The van der Waals surface area contributed by atoms with E-state index in [0.717, 1.165) is 0 Å². The summed E-state index contributed by atoms with van der Waals surface area (Å²) in [7, 11) is -2.03. The molecule has 0 aromatic heterocycles. The lowest BCUT2D eigenvalue weighted by molar-refractivity contribution is -0.139. The molecule has 0 saturated carbocycles. The number of aliphatic carboxylic acids is 1. The highest BCUT2D eigenvalue weighted by atomic mass is 28.4. The fourth-order valence-electron chi connectivity index (χ4n) is 1.34. The van der Waals surface area contributed by atoms with Crippen LogP contribution >= 0.6 is 0 Å². The summed E-state index contributed by atoms with van der Waals surface area (Å²) in [5.74, 6) is -0.859. The molecule has 0 fully saturated rings. The van der Waals surface area contributed by atoms with Gasteiger partial charge < -0.3 is 9.53 Å². The molecule has 0 radical (unpaired) electrons. The third kappa shape index (κ3) is 5.77. The van der Waals surface area contributed by atoms with Gasteiger partial charge in [0.25, 0.3) is 0 Å². The first-order valence-electron chi connectivity index (χ1n) is 6.41. The SMILES string of the molecule is CCC(=O)CC(CC(=O)O)O[Si](C)(C)C(C)(C)C. The average molecular weight is 274 g/mol. The van der Waals surface area contributed by atoms with Crippen LogP contribution in [0.5, 0.6) is 0 Å². The van der Waals surface area contributed by atoms with E-state index < -0.39 is 20.4 Å². The molecule has 1 atom stereocenters. The fraction of sp³-hybridized carbons (Fsp3) is 0.846. The Morgan fingerprint density at radius 1 is 1.22 bits per heavy atom. The maximum Gasteiger partial charge on any atom is 0.305 e. The first kappa shape index (κ1) is 17.3. The molecule has 0 aromatic carbocycles. The van der Waals surface area contributed by atoms with E-state index in [9.17, 15) is 9.59 Å². The normalized spacial score (nSPS) is 14.3. The van der Waals surface area contributed by atoms with Gasteiger partial charge in [0.2, 0.25) is 0 Å². The lowest BCUT2D eigenvalue weighted by Gasteiger charge is -2.39. The molecule has 0 aliphatic heterocycles. The van der Waals surface area contributed by atoms with Gasteiger partial charge in [-0.3, -0.25) is 9.59 Å². The van der Waals surface area contributed by atoms with E-state index in [1.54, 1.807) is 6.92 Å². The van der Waals surface area contributed by atoms with Crippen LogP contribution in [0.3, 0.4) is 0 Å². The highest BCUT2D eigenvalue weighted by molar-refractivity contribution is 6.74. The summed E-state index contributed by atoms with van der Waals surface area (Å²) in [5, 5.41) is 8.91. The van der Waals surface area contributed by atoms with E-state index in [4.69, 9.17) is 9.53 Å². The number of carbonyl (C=O) groups excluding carboxylic acids is 1. The molecule has 0 amide bonds. The molecule has 1 unspecified atom stereocenters. The largest absolute Gasteiger partial charge is 0.481 e. The predicted molar refractivity (Wildman–Crippen MR) is 74.2 cm³/mol. The Balaban J connectivity index is 4.78. The minimum absolute atomic E-state index is 0.0129. The maximum absolute atomic E-state index is 11.5. The molecule has 0 aliphatic rings. The molecule has 0 saturated heterocycles. The Labute approximate surface area is 111 Å². The lowest BCUT2D eigenvalue weighted by atomic mass is 10.1. The summed E-state index contributed by atoms with van der Waals surface area (Å²) < 4.78 is 6.02. The number of rotatable bonds is 7. The van der Waals surface area contributed by atoms with Crippen LogP contribution in [-0.4, -0.2) is 31.3 Å². The van der Waals surface area contributed by atoms with Gasteiger partial charge in [0.05, 0.1) is 12.5 Å². The van der Waals surface area contributed by atoms with E-state index in [1.807, 2.05) is 0 Å². The molecule has 0 aliphatic carbocycles. The fourth-order valence-corrected chi connectivity index (χ4v) is 2.70. The summed E-state index contributed by atoms with van der Waals surface area (Å²) in [5.41, 5.74) is 0. The van der Waals surface area contributed by atoms with Crippen molar-refractivity contribution in [2.24, 2.45) is 0 Å². The summed E-state index contributed by atoms with van der Waals surface area (Å²) in [4.78, 5) is 22.3. The van der Waals surface area contributed by atoms with Gasteiger partial charge in [-0.2, -0.15) is 0 Å². The topological polar surface area (TPSA) is 63.6 Å². The van der Waals surface area contributed by atoms with Crippen molar-refractivity contribution in [3.8, 4) is 0 Å². The molecule has 18 heavy (non-hydrogen) atoms. The molecule has 5 heteroatoms. The summed E-state index contributed by atoms with van der Waals surface area (Å²) in [6.45, 7) is 12.2. The summed E-state index contributed by atoms with van der Waals surface area (Å²) in [6.07, 6.45) is 0.0423. The van der Waals surface area contributed by atoms with Crippen LogP contribution in [0.1, 0.15) is 47.0 Å². The van der Waals surface area contributed by atoms with Gasteiger partial charge in [-0.25, -0.2) is 0 Å². The zero-order valence-corrected chi connectivity index (χ0v) is 13.4. The first-order valence-corrected chi connectivity index (χ1v) is 9.31. The van der Waals surface area contributed by atoms with Crippen molar-refractivity contribution in [3.63, 3.8) is 0 Å². The first-order chi connectivity index (χ1) is 7.99. The molecule has 0 bridgehead atoms. The molecule has 106 valence electrons. The molecular weight excluding hydrogens is 248 g/mol. The van der Waals surface area contributed by atoms with Gasteiger partial charge in [0.15, 0.2) is 8.32 Å². The Morgan fingerprint density at radius 2 is 1.72 bits per heavy atom. The second-order valence-electron chi connectivity index (χ2n) is 6.19. The van der Waals surface area contributed by atoms with Crippen LogP contribution in [0, 0.1) is 0 Å². The molecule has 0 aromatic rings. The summed E-state index contributed by atoms with van der Waals surface area (Å²) >= 11 is 0. The minimum Gasteiger partial charge on any atom is -0.481 e. The second kappa shape index (κ2) is 6.47. The molecular formula is C13H26O4Si. The van der Waals surface area contributed by atoms with Crippen molar-refractivity contribution in [3.05, 3.63) is 0 Å². The zero-order valence-electron chi connectivity index (χ0n) is 12.4. The Kier molecular flexibility index (Phi) is 6.23. The third-order valence-corrected chi connectivity index (χ3v) is 8.05. The van der Waals surface area contributed by atoms with E-state index >= 15 is 0 Å². The number of hydrogen-bond acceptors (Lipinski definition) is 3. The van der Waals surface area contributed by atoms with Crippen molar-refractivity contribution >= 4 is 20.1 Å². The average Bonchev–Trinajstić information content (AvgIpc) is 2.13. The Bertz CT molecular complexity index is 305. The van der Waals surface area contributed by atoms with E-state index in [2.05, 4.69) is 33.9 Å². The second-order valence-corrected chi connectivity index (χ2v) is 11.0. The van der Waals surface area contributed by atoms with Crippen LogP contribution in [0.2, 0.25) is 18.1 Å². The molecule has 4 nitrogen and oxygen atoms in total. The monoisotopic (exact) mass is 274 g/mol. The molecule has 0 heterocycles. The van der Waals surface area contributed by atoms with Crippen LogP contribution in [0.15, 0.2) is 0 Å². The third-order valence-electron chi connectivity index (χ3n) is 3.52. The van der Waals surface area contributed by atoms with Crippen LogP contribution < -0.4 is 0 Å². The standard InChI is InChI=1S/C13H26O4Si/c1-7-10(14)8-11(9-12(15)16)17-18(5,6)13(2,3)4/h11H,7-9H2,1-6H3,(H,15,16). The molecule has 0 rings (SSSR count). The summed E-state index contributed by atoms with van der Waals surface area (Å²) in [6, 6.07) is 0. The smallest absolute Gasteiger partial charge is 0.305 e. The number of carboxylic acid groups (broad SMARTS) is 1. The minimum atomic E-state index is -2.03. The van der Waals surface area contributed by atoms with E-state index in [1.165, 1.54) is 0 Å². The highest BCUT2D eigenvalue weighted by Crippen LogP contribution is 2.38. The van der Waals surface area contributed by atoms with Crippen molar-refractivity contribution in [1.29, 1.82) is 0 Å². The number of ketones is 1. The maximum atomic E-state index is 11.5. The lowest BCUT2D eigenvalue weighted by Crippen LogP contribution is -2.44. The number of carbonyl (C=O) groups is 2. The Morgan fingerprint density at radius 3 is 2.06 bits per heavy atom. The number of hydrogen-bond donors (Lipinski definition) is 1. The van der Waals surface area contributed by atoms with Crippen LogP contribution in [0.25, 0.3) is 0 Å². The van der Waals surface area contributed by atoms with Crippen LogP contribution in [0.4, 0.5) is 0 Å². The number of Topliss-reactive ketones (excluding diaryl/α,β-unsaturated/α-hetero) is 1. The van der Waals surface area contributed by atoms with E-state index in [0.29, 0.717) is 6.42 Å². The Hall–Kier alpha value is -0.683. The van der Waals surface area contributed by atoms with Gasteiger partial charge in [-0.1, -0.05) is 27.7 Å². The van der Waals surface area contributed by atoms with Gasteiger partial charge in [0, 0.05) is 12.8 Å². The molecule has 1 N–H and O–H groups in total. The van der Waals surface area contributed by atoms with Crippen molar-refractivity contribution in [1.82, 2.24) is 0 Å². The van der Waals surface area contributed by atoms with Crippen molar-refractivity contribution in [2.75, 3.05) is 0 Å². The van der Waals surface area contributed by atoms with Gasteiger partial charge in [-0.05, 0) is 18.1 Å². The van der Waals surface area contributed by atoms with Crippen molar-refractivity contribution < 1.29 is 19.1 Å². The highest BCUT2D eigenvalue weighted by Gasteiger charge is 2.39. The predicted octanol–water partition coefficient (Wildman–Crippen LogP) is 3.22. The van der Waals surface area contributed by atoms with Crippen LogP contribution in [-0.2, 0) is 14.0 Å². The van der Waals surface area contributed by atoms with E-state index in [-0.39, 0.29) is 23.7 Å². The molecule has 0 spiro atoms. The van der Waals surface area contributed by atoms with Gasteiger partial charge in [0.1, 0.15) is 5.78 Å².